The average molecular weight is 190 g/mol. The lowest BCUT2D eigenvalue weighted by molar-refractivity contribution is 0.172. The molecule has 0 aliphatic rings. The number of para-hydroxylation sites is 1. The summed E-state index contributed by atoms with van der Waals surface area (Å²) in [6.45, 7) is 0. The van der Waals surface area contributed by atoms with Crippen LogP contribution in [0.1, 0.15) is 12.0 Å². The summed E-state index contributed by atoms with van der Waals surface area (Å²) in [7, 11) is 0. The van der Waals surface area contributed by atoms with Crippen molar-refractivity contribution in [2.75, 3.05) is 0 Å². The third kappa shape index (κ3) is 1.78. The quantitative estimate of drug-likeness (QED) is 0.640. The van der Waals surface area contributed by atoms with Gasteiger partial charge in [0.2, 0.25) is 0 Å². The first-order valence-electron chi connectivity index (χ1n) is 4.76. The van der Waals surface area contributed by atoms with Gasteiger partial charge < -0.3 is 15.8 Å². The molecule has 0 amide bonds. The van der Waals surface area contributed by atoms with Crippen LogP contribution in [0, 0.1) is 0 Å². The molecule has 14 heavy (non-hydrogen) atoms. The first-order valence-corrected chi connectivity index (χ1v) is 4.76. The van der Waals surface area contributed by atoms with E-state index in [1.165, 1.54) is 10.9 Å². The highest BCUT2D eigenvalue weighted by molar-refractivity contribution is 5.82. The van der Waals surface area contributed by atoms with Gasteiger partial charge in [-0.2, -0.15) is 0 Å². The number of H-pyrrole nitrogens is 1. The molecule has 0 radical (unpaired) electrons. The van der Waals surface area contributed by atoms with Crippen molar-refractivity contribution < 1.29 is 5.11 Å². The van der Waals surface area contributed by atoms with E-state index in [9.17, 15) is 0 Å². The fraction of sp³-hybridized carbons (Fsp3) is 0.273. The molecule has 0 bridgehead atoms. The van der Waals surface area contributed by atoms with Crippen LogP contribution in [0.5, 0.6) is 0 Å². The number of aryl methyl sites for hydroxylation is 1. The van der Waals surface area contributed by atoms with Gasteiger partial charge in [-0.3, -0.25) is 0 Å². The number of fused-ring (bicyclic) bond motifs is 1. The summed E-state index contributed by atoms with van der Waals surface area (Å²) in [4.78, 5) is 3.19. The number of nitrogens with one attached hydrogen (secondary N) is 1. The maximum atomic E-state index is 8.99. The summed E-state index contributed by atoms with van der Waals surface area (Å²) in [6.07, 6.45) is 2.67. The standard InChI is InChI=1S/C11H14N2O/c12-11(14)6-5-8-7-13-10-4-2-1-3-9(8)10/h1-4,7,11,13-14H,5-6,12H2/t11-/m0/s1. The maximum Gasteiger partial charge on any atom is 0.102 e. The van der Waals surface area contributed by atoms with Gasteiger partial charge in [-0.25, -0.2) is 0 Å². The molecular formula is C11H14N2O. The van der Waals surface area contributed by atoms with E-state index < -0.39 is 6.23 Å². The Morgan fingerprint density at radius 1 is 1.36 bits per heavy atom. The smallest absolute Gasteiger partial charge is 0.102 e. The Kier molecular flexibility index (Phi) is 2.52. The Labute approximate surface area is 82.6 Å². The van der Waals surface area contributed by atoms with Crippen LogP contribution in [0.25, 0.3) is 10.9 Å². The van der Waals surface area contributed by atoms with Crippen molar-refractivity contribution in [3.8, 4) is 0 Å². The summed E-state index contributed by atoms with van der Waals surface area (Å²) >= 11 is 0. The van der Waals surface area contributed by atoms with Gasteiger partial charge in [0.1, 0.15) is 6.23 Å². The molecule has 2 rings (SSSR count). The van der Waals surface area contributed by atoms with Gasteiger partial charge in [0.25, 0.3) is 0 Å². The van der Waals surface area contributed by atoms with E-state index >= 15 is 0 Å². The van der Waals surface area contributed by atoms with Gasteiger partial charge in [0, 0.05) is 17.1 Å². The van der Waals surface area contributed by atoms with Crippen molar-refractivity contribution in [3.63, 3.8) is 0 Å². The van der Waals surface area contributed by atoms with Gasteiger partial charge >= 0.3 is 0 Å². The van der Waals surface area contributed by atoms with E-state index in [1.54, 1.807) is 0 Å². The number of hydrogen-bond donors (Lipinski definition) is 3. The highest BCUT2D eigenvalue weighted by Gasteiger charge is 2.03. The minimum absolute atomic E-state index is 0.599. The number of benzene rings is 1. The molecule has 0 saturated heterocycles. The number of hydrogen-bond acceptors (Lipinski definition) is 2. The van der Waals surface area contributed by atoms with Crippen LogP contribution < -0.4 is 5.73 Å². The number of aromatic amines is 1. The molecule has 1 atom stereocenters. The second-order valence-electron chi connectivity index (χ2n) is 3.47. The first-order chi connectivity index (χ1) is 6.77. The maximum absolute atomic E-state index is 8.99. The molecule has 1 aromatic heterocycles. The van der Waals surface area contributed by atoms with E-state index in [2.05, 4.69) is 11.1 Å². The zero-order valence-corrected chi connectivity index (χ0v) is 7.90. The highest BCUT2D eigenvalue weighted by Crippen LogP contribution is 2.18. The van der Waals surface area contributed by atoms with Crippen LogP contribution in [0.4, 0.5) is 0 Å². The van der Waals surface area contributed by atoms with Crippen LogP contribution in [0.2, 0.25) is 0 Å². The number of aliphatic hydroxyl groups is 1. The second kappa shape index (κ2) is 3.82. The summed E-state index contributed by atoms with van der Waals surface area (Å²) in [5.41, 5.74) is 7.64. The fourth-order valence-corrected chi connectivity index (χ4v) is 1.64. The van der Waals surface area contributed by atoms with Gasteiger partial charge in [-0.1, -0.05) is 18.2 Å². The van der Waals surface area contributed by atoms with Crippen molar-refractivity contribution in [1.29, 1.82) is 0 Å². The molecule has 0 saturated carbocycles. The molecule has 1 aromatic carbocycles. The fourth-order valence-electron chi connectivity index (χ4n) is 1.64. The molecule has 0 aliphatic heterocycles. The minimum atomic E-state index is -0.719. The lowest BCUT2D eigenvalue weighted by atomic mass is 10.1. The van der Waals surface area contributed by atoms with E-state index in [1.807, 2.05) is 24.4 Å². The Hall–Kier alpha value is -1.32. The molecule has 0 fully saturated rings. The average Bonchev–Trinajstić information content (AvgIpc) is 2.58. The van der Waals surface area contributed by atoms with E-state index in [-0.39, 0.29) is 0 Å². The van der Waals surface area contributed by atoms with Crippen LogP contribution >= 0.6 is 0 Å². The van der Waals surface area contributed by atoms with Crippen molar-refractivity contribution in [3.05, 3.63) is 36.0 Å². The SMILES string of the molecule is N[C@@H](O)CCc1c[nH]c2ccccc12. The number of aromatic nitrogens is 1. The number of aliphatic hydroxyl groups excluding tert-OH is 1. The molecule has 3 nitrogen and oxygen atoms in total. The number of rotatable bonds is 3. The normalized spacial score (nSPS) is 13.3. The van der Waals surface area contributed by atoms with E-state index in [4.69, 9.17) is 10.8 Å². The predicted molar refractivity (Wildman–Crippen MR) is 56.8 cm³/mol. The molecule has 74 valence electrons. The monoisotopic (exact) mass is 190 g/mol. The van der Waals surface area contributed by atoms with Crippen LogP contribution in [-0.2, 0) is 6.42 Å². The van der Waals surface area contributed by atoms with E-state index in [0.29, 0.717) is 6.42 Å². The zero-order chi connectivity index (χ0) is 9.97. The molecule has 2 aromatic rings. The Morgan fingerprint density at radius 3 is 2.93 bits per heavy atom. The zero-order valence-electron chi connectivity index (χ0n) is 7.90. The van der Waals surface area contributed by atoms with Gasteiger partial charge in [0.15, 0.2) is 0 Å². The number of nitrogens with two attached hydrogens (primary N) is 1. The Morgan fingerprint density at radius 2 is 2.14 bits per heavy atom. The molecule has 3 heteroatoms. The lowest BCUT2D eigenvalue weighted by Crippen LogP contribution is -2.18. The van der Waals surface area contributed by atoms with Crippen LogP contribution in [-0.4, -0.2) is 16.3 Å². The molecule has 0 spiro atoms. The molecular weight excluding hydrogens is 176 g/mol. The van der Waals surface area contributed by atoms with Crippen molar-refractivity contribution in [2.24, 2.45) is 5.73 Å². The van der Waals surface area contributed by atoms with Crippen molar-refractivity contribution in [1.82, 2.24) is 4.98 Å². The summed E-state index contributed by atoms with van der Waals surface area (Å²) in [6, 6.07) is 8.13. The molecule has 1 heterocycles. The third-order valence-electron chi connectivity index (χ3n) is 2.38. The van der Waals surface area contributed by atoms with Crippen LogP contribution in [0.3, 0.4) is 0 Å². The van der Waals surface area contributed by atoms with E-state index in [0.717, 1.165) is 11.9 Å². The second-order valence-corrected chi connectivity index (χ2v) is 3.47. The van der Waals surface area contributed by atoms with Gasteiger partial charge in [-0.15, -0.1) is 0 Å². The summed E-state index contributed by atoms with van der Waals surface area (Å²) < 4.78 is 0. The molecule has 0 aliphatic carbocycles. The molecule has 0 unspecified atom stereocenters. The topological polar surface area (TPSA) is 62.0 Å². The third-order valence-corrected chi connectivity index (χ3v) is 2.38. The minimum Gasteiger partial charge on any atom is -0.379 e. The summed E-state index contributed by atoms with van der Waals surface area (Å²) in [5, 5.41) is 10.2. The summed E-state index contributed by atoms with van der Waals surface area (Å²) in [5.74, 6) is 0. The Bertz CT molecular complexity index is 420. The lowest BCUT2D eigenvalue weighted by Gasteiger charge is -2.02. The van der Waals surface area contributed by atoms with Crippen molar-refractivity contribution in [2.45, 2.75) is 19.1 Å². The van der Waals surface area contributed by atoms with Gasteiger partial charge in [0.05, 0.1) is 0 Å². The van der Waals surface area contributed by atoms with Crippen LogP contribution in [0.15, 0.2) is 30.5 Å². The molecule has 4 N–H and O–H groups in total. The Balaban J connectivity index is 2.25. The highest BCUT2D eigenvalue weighted by atomic mass is 16.3. The first kappa shape index (κ1) is 9.24. The predicted octanol–water partition coefficient (Wildman–Crippen LogP) is 1.38. The van der Waals surface area contributed by atoms with Crippen molar-refractivity contribution >= 4 is 10.9 Å². The largest absolute Gasteiger partial charge is 0.379 e. The van der Waals surface area contributed by atoms with Gasteiger partial charge in [-0.05, 0) is 24.5 Å².